The van der Waals surface area contributed by atoms with Crippen molar-refractivity contribution in [2.24, 2.45) is 34.5 Å². The standard InChI is InChI=1S/C18H30O/c1-5-13-14(7-6-8-16(13)19)15-11-12-9-10-18(15,4)17(12,2)3/h12-15H,5-11H2,1-4H3/t12-,13?,14?,15+,18+/m0/s1. The quantitative estimate of drug-likeness (QED) is 0.695. The van der Waals surface area contributed by atoms with E-state index < -0.39 is 0 Å². The molecule has 2 bridgehead atoms. The largest absolute Gasteiger partial charge is 0.299 e. The van der Waals surface area contributed by atoms with Crippen LogP contribution in [0.2, 0.25) is 0 Å². The van der Waals surface area contributed by atoms with Crippen LogP contribution in [0.3, 0.4) is 0 Å². The van der Waals surface area contributed by atoms with E-state index in [4.69, 9.17) is 0 Å². The summed E-state index contributed by atoms with van der Waals surface area (Å²) in [5, 5.41) is 0. The summed E-state index contributed by atoms with van der Waals surface area (Å²) in [6, 6.07) is 0. The minimum absolute atomic E-state index is 0.380. The van der Waals surface area contributed by atoms with Crippen molar-refractivity contribution in [1.29, 1.82) is 0 Å². The molecule has 3 fully saturated rings. The first kappa shape index (κ1) is 13.6. The van der Waals surface area contributed by atoms with Crippen LogP contribution in [-0.4, -0.2) is 5.78 Å². The van der Waals surface area contributed by atoms with Gasteiger partial charge in [-0.2, -0.15) is 0 Å². The third-order valence-corrected chi connectivity index (χ3v) is 7.71. The van der Waals surface area contributed by atoms with Crippen LogP contribution < -0.4 is 0 Å². The molecule has 0 aromatic rings. The fourth-order valence-corrected chi connectivity index (χ4v) is 6.06. The van der Waals surface area contributed by atoms with E-state index >= 15 is 0 Å². The minimum Gasteiger partial charge on any atom is -0.299 e. The van der Waals surface area contributed by atoms with Crippen LogP contribution in [-0.2, 0) is 4.79 Å². The average Bonchev–Trinajstić information content (AvgIpc) is 2.70. The molecule has 0 N–H and O–H groups in total. The van der Waals surface area contributed by atoms with Crippen LogP contribution >= 0.6 is 0 Å². The number of ketones is 1. The van der Waals surface area contributed by atoms with Gasteiger partial charge in [0, 0.05) is 12.3 Å². The lowest BCUT2D eigenvalue weighted by atomic mass is 9.58. The van der Waals surface area contributed by atoms with E-state index in [0.717, 1.165) is 31.1 Å². The Morgan fingerprint density at radius 3 is 2.47 bits per heavy atom. The van der Waals surface area contributed by atoms with Gasteiger partial charge in [0.05, 0.1) is 0 Å². The van der Waals surface area contributed by atoms with Crippen molar-refractivity contribution in [3.05, 3.63) is 0 Å². The van der Waals surface area contributed by atoms with Crippen LogP contribution in [0, 0.1) is 34.5 Å². The lowest BCUT2D eigenvalue weighted by Gasteiger charge is -2.46. The van der Waals surface area contributed by atoms with Crippen LogP contribution in [0.4, 0.5) is 0 Å². The Morgan fingerprint density at radius 2 is 1.95 bits per heavy atom. The normalized spacial score (nSPS) is 48.7. The first-order valence-electron chi connectivity index (χ1n) is 8.44. The summed E-state index contributed by atoms with van der Waals surface area (Å²) in [4.78, 5) is 12.3. The second kappa shape index (κ2) is 4.33. The van der Waals surface area contributed by atoms with E-state index in [1.54, 1.807) is 0 Å². The average molecular weight is 262 g/mol. The van der Waals surface area contributed by atoms with Crippen molar-refractivity contribution in [1.82, 2.24) is 0 Å². The summed E-state index contributed by atoms with van der Waals surface area (Å²) in [6.45, 7) is 9.75. The van der Waals surface area contributed by atoms with Gasteiger partial charge in [-0.25, -0.2) is 0 Å². The van der Waals surface area contributed by atoms with E-state index in [1.807, 2.05) is 0 Å². The molecule has 0 spiro atoms. The molecule has 5 atom stereocenters. The first-order valence-corrected chi connectivity index (χ1v) is 8.44. The van der Waals surface area contributed by atoms with Crippen LogP contribution in [0.1, 0.15) is 72.6 Å². The molecule has 1 nitrogen and oxygen atoms in total. The zero-order valence-electron chi connectivity index (χ0n) is 13.2. The Kier molecular flexibility index (Phi) is 3.11. The summed E-state index contributed by atoms with van der Waals surface area (Å²) in [7, 11) is 0. The number of fused-ring (bicyclic) bond motifs is 2. The first-order chi connectivity index (χ1) is 8.91. The van der Waals surface area contributed by atoms with Gasteiger partial charge in [0.15, 0.2) is 0 Å². The maximum absolute atomic E-state index is 12.3. The van der Waals surface area contributed by atoms with E-state index in [0.29, 0.717) is 28.4 Å². The summed E-state index contributed by atoms with van der Waals surface area (Å²) in [6.07, 6.45) is 8.61. The lowest BCUT2D eigenvalue weighted by molar-refractivity contribution is -0.129. The third kappa shape index (κ3) is 1.69. The van der Waals surface area contributed by atoms with Gasteiger partial charge in [-0.1, -0.05) is 27.7 Å². The highest BCUT2D eigenvalue weighted by Crippen LogP contribution is 2.70. The number of hydrogen-bond donors (Lipinski definition) is 0. The molecular weight excluding hydrogens is 232 g/mol. The molecule has 2 unspecified atom stereocenters. The fraction of sp³-hybridized carbons (Fsp3) is 0.944. The number of carbonyl (C=O) groups excluding carboxylic acids is 1. The monoisotopic (exact) mass is 262 g/mol. The van der Waals surface area contributed by atoms with Gasteiger partial charge in [0.1, 0.15) is 5.78 Å². The van der Waals surface area contributed by atoms with Gasteiger partial charge in [-0.3, -0.25) is 4.79 Å². The maximum atomic E-state index is 12.3. The Labute approximate surface area is 118 Å². The molecule has 3 saturated carbocycles. The number of carbonyl (C=O) groups is 1. The van der Waals surface area contributed by atoms with E-state index in [1.165, 1.54) is 25.7 Å². The highest BCUT2D eigenvalue weighted by molar-refractivity contribution is 5.82. The summed E-state index contributed by atoms with van der Waals surface area (Å²) in [5.41, 5.74) is 0.990. The van der Waals surface area contributed by atoms with Gasteiger partial charge >= 0.3 is 0 Å². The Hall–Kier alpha value is -0.330. The van der Waals surface area contributed by atoms with Crippen molar-refractivity contribution in [3.63, 3.8) is 0 Å². The van der Waals surface area contributed by atoms with Gasteiger partial charge in [0.2, 0.25) is 0 Å². The summed E-state index contributed by atoms with van der Waals surface area (Å²) in [5.74, 6) is 3.38. The summed E-state index contributed by atoms with van der Waals surface area (Å²) < 4.78 is 0. The molecule has 0 radical (unpaired) electrons. The number of hydrogen-bond acceptors (Lipinski definition) is 1. The molecule has 3 aliphatic rings. The molecule has 0 heterocycles. The van der Waals surface area contributed by atoms with E-state index in [-0.39, 0.29) is 0 Å². The Balaban J connectivity index is 1.89. The maximum Gasteiger partial charge on any atom is 0.136 e. The van der Waals surface area contributed by atoms with Crippen molar-refractivity contribution >= 4 is 5.78 Å². The van der Waals surface area contributed by atoms with Gasteiger partial charge in [-0.05, 0) is 67.1 Å². The molecule has 1 heteroatoms. The predicted octanol–water partition coefficient (Wildman–Crippen LogP) is 4.84. The van der Waals surface area contributed by atoms with Crippen LogP contribution in [0.5, 0.6) is 0 Å². The van der Waals surface area contributed by atoms with Gasteiger partial charge < -0.3 is 0 Å². The number of Topliss-reactive ketones (excluding diaryl/α,β-unsaturated/α-hetero) is 1. The van der Waals surface area contributed by atoms with Crippen molar-refractivity contribution < 1.29 is 4.79 Å². The summed E-state index contributed by atoms with van der Waals surface area (Å²) >= 11 is 0. The molecule has 0 amide bonds. The molecule has 3 aliphatic carbocycles. The molecular formula is C18H30O. The van der Waals surface area contributed by atoms with Crippen molar-refractivity contribution in [3.8, 4) is 0 Å². The minimum atomic E-state index is 0.380. The molecule has 0 saturated heterocycles. The molecule has 108 valence electrons. The third-order valence-electron chi connectivity index (χ3n) is 7.71. The lowest BCUT2D eigenvalue weighted by Crippen LogP contribution is -2.41. The second-order valence-corrected chi connectivity index (χ2v) is 8.25. The van der Waals surface area contributed by atoms with Crippen molar-refractivity contribution in [2.75, 3.05) is 0 Å². The van der Waals surface area contributed by atoms with Crippen LogP contribution in [0.25, 0.3) is 0 Å². The van der Waals surface area contributed by atoms with Gasteiger partial charge in [-0.15, -0.1) is 0 Å². The Morgan fingerprint density at radius 1 is 1.21 bits per heavy atom. The zero-order valence-corrected chi connectivity index (χ0v) is 13.2. The Bertz CT molecular complexity index is 383. The van der Waals surface area contributed by atoms with E-state index in [9.17, 15) is 4.79 Å². The SMILES string of the molecule is CCC1C(=O)CCCC1[C@H]1C[C@@H]2CC[C@@]1(C)C2(C)C. The zero-order chi connectivity index (χ0) is 13.8. The van der Waals surface area contributed by atoms with E-state index in [2.05, 4.69) is 27.7 Å². The predicted molar refractivity (Wildman–Crippen MR) is 78.8 cm³/mol. The highest BCUT2D eigenvalue weighted by Gasteiger charge is 2.63. The molecule has 0 aromatic heterocycles. The molecule has 19 heavy (non-hydrogen) atoms. The van der Waals surface area contributed by atoms with Gasteiger partial charge in [0.25, 0.3) is 0 Å². The topological polar surface area (TPSA) is 17.1 Å². The smallest absolute Gasteiger partial charge is 0.136 e. The number of rotatable bonds is 2. The van der Waals surface area contributed by atoms with Crippen LogP contribution in [0.15, 0.2) is 0 Å². The molecule has 0 aliphatic heterocycles. The molecule has 0 aromatic carbocycles. The van der Waals surface area contributed by atoms with Crippen molar-refractivity contribution in [2.45, 2.75) is 72.6 Å². The molecule has 3 rings (SSSR count). The highest BCUT2D eigenvalue weighted by atomic mass is 16.1. The second-order valence-electron chi connectivity index (χ2n) is 8.25. The fourth-order valence-electron chi connectivity index (χ4n) is 6.06.